The summed E-state index contributed by atoms with van der Waals surface area (Å²) >= 11 is 0. The van der Waals surface area contributed by atoms with E-state index < -0.39 is 0 Å². The molecule has 0 aromatic carbocycles. The standard InChI is InChI=1S/C14H19N3/c15-8-12-10-17(9-11-4-1-2-5-11)14-13(12)6-3-7-16-14/h3,6-7,10-11H,1-2,4-5,8-9,15H2. The molecule has 0 spiro atoms. The lowest BCUT2D eigenvalue weighted by Gasteiger charge is -2.10. The zero-order valence-corrected chi connectivity index (χ0v) is 10.1. The molecule has 0 radical (unpaired) electrons. The van der Waals surface area contributed by atoms with E-state index in [0.29, 0.717) is 6.54 Å². The molecular weight excluding hydrogens is 210 g/mol. The minimum atomic E-state index is 0.597. The van der Waals surface area contributed by atoms with Crippen LogP contribution >= 0.6 is 0 Å². The highest BCUT2D eigenvalue weighted by atomic mass is 15.0. The largest absolute Gasteiger partial charge is 0.332 e. The summed E-state index contributed by atoms with van der Waals surface area (Å²) in [6.45, 7) is 1.70. The molecule has 2 heterocycles. The summed E-state index contributed by atoms with van der Waals surface area (Å²) in [5.41, 5.74) is 8.11. The SMILES string of the molecule is NCc1cn(CC2CCCC2)c2ncccc12. The molecule has 0 amide bonds. The van der Waals surface area contributed by atoms with Crippen molar-refractivity contribution < 1.29 is 0 Å². The molecule has 2 aromatic heterocycles. The van der Waals surface area contributed by atoms with Gasteiger partial charge in [-0.25, -0.2) is 4.98 Å². The van der Waals surface area contributed by atoms with Gasteiger partial charge in [0.25, 0.3) is 0 Å². The van der Waals surface area contributed by atoms with Gasteiger partial charge >= 0.3 is 0 Å². The van der Waals surface area contributed by atoms with E-state index in [0.717, 1.165) is 18.1 Å². The van der Waals surface area contributed by atoms with E-state index in [-0.39, 0.29) is 0 Å². The maximum Gasteiger partial charge on any atom is 0.140 e. The first-order chi connectivity index (χ1) is 8.38. The van der Waals surface area contributed by atoms with Crippen LogP contribution in [0.15, 0.2) is 24.5 Å². The number of fused-ring (bicyclic) bond motifs is 1. The highest BCUT2D eigenvalue weighted by Crippen LogP contribution is 2.28. The number of rotatable bonds is 3. The summed E-state index contributed by atoms with van der Waals surface area (Å²) in [4.78, 5) is 4.50. The van der Waals surface area contributed by atoms with Crippen molar-refractivity contribution in [1.82, 2.24) is 9.55 Å². The molecule has 3 rings (SSSR count). The van der Waals surface area contributed by atoms with E-state index in [9.17, 15) is 0 Å². The van der Waals surface area contributed by atoms with Crippen molar-refractivity contribution in [2.75, 3.05) is 0 Å². The molecule has 1 saturated carbocycles. The summed E-state index contributed by atoms with van der Waals surface area (Å²) in [5.74, 6) is 0.832. The minimum Gasteiger partial charge on any atom is -0.332 e. The van der Waals surface area contributed by atoms with E-state index in [4.69, 9.17) is 5.73 Å². The van der Waals surface area contributed by atoms with Crippen molar-refractivity contribution >= 4 is 11.0 Å². The van der Waals surface area contributed by atoms with E-state index in [2.05, 4.69) is 21.8 Å². The van der Waals surface area contributed by atoms with Gasteiger partial charge in [0.05, 0.1) is 0 Å². The second-order valence-corrected chi connectivity index (χ2v) is 5.04. The Bertz CT molecular complexity index is 509. The van der Waals surface area contributed by atoms with Crippen LogP contribution in [-0.4, -0.2) is 9.55 Å². The Morgan fingerprint density at radius 3 is 2.94 bits per heavy atom. The molecule has 0 saturated heterocycles. The number of pyridine rings is 1. The molecule has 1 aliphatic carbocycles. The maximum absolute atomic E-state index is 5.80. The fourth-order valence-electron chi connectivity index (χ4n) is 2.97. The van der Waals surface area contributed by atoms with Gasteiger partial charge in [0.1, 0.15) is 5.65 Å². The Morgan fingerprint density at radius 1 is 1.35 bits per heavy atom. The summed E-state index contributed by atoms with van der Waals surface area (Å²) in [6.07, 6.45) is 9.57. The molecule has 0 aliphatic heterocycles. The van der Waals surface area contributed by atoms with Gasteiger partial charge in [0.15, 0.2) is 0 Å². The van der Waals surface area contributed by atoms with Gasteiger partial charge in [-0.3, -0.25) is 0 Å². The van der Waals surface area contributed by atoms with Crippen molar-refractivity contribution in [3.63, 3.8) is 0 Å². The molecule has 0 unspecified atom stereocenters. The van der Waals surface area contributed by atoms with E-state index >= 15 is 0 Å². The topological polar surface area (TPSA) is 43.8 Å². The predicted molar refractivity (Wildman–Crippen MR) is 69.6 cm³/mol. The van der Waals surface area contributed by atoms with Crippen LogP contribution in [0.5, 0.6) is 0 Å². The molecule has 3 heteroatoms. The Balaban J connectivity index is 1.97. The summed E-state index contributed by atoms with van der Waals surface area (Å²) in [5, 5.41) is 1.22. The molecule has 2 aromatic rings. The van der Waals surface area contributed by atoms with Crippen molar-refractivity contribution in [1.29, 1.82) is 0 Å². The first-order valence-corrected chi connectivity index (χ1v) is 6.51. The third-order valence-corrected chi connectivity index (χ3v) is 3.87. The number of hydrogen-bond acceptors (Lipinski definition) is 2. The number of nitrogens with two attached hydrogens (primary N) is 1. The van der Waals surface area contributed by atoms with E-state index in [1.54, 1.807) is 0 Å². The Labute approximate surface area is 102 Å². The lowest BCUT2D eigenvalue weighted by Crippen LogP contribution is -2.06. The molecule has 0 atom stereocenters. The van der Waals surface area contributed by atoms with Crippen molar-refractivity contribution in [3.8, 4) is 0 Å². The molecular formula is C14H19N3. The van der Waals surface area contributed by atoms with Gasteiger partial charge in [-0.05, 0) is 36.5 Å². The third kappa shape index (κ3) is 1.95. The normalized spacial score (nSPS) is 17.0. The summed E-state index contributed by atoms with van der Waals surface area (Å²) < 4.78 is 2.30. The van der Waals surface area contributed by atoms with Gasteiger partial charge < -0.3 is 10.3 Å². The van der Waals surface area contributed by atoms with Crippen molar-refractivity contribution in [2.24, 2.45) is 11.7 Å². The molecule has 1 aliphatic rings. The second kappa shape index (κ2) is 4.49. The number of hydrogen-bond donors (Lipinski definition) is 1. The first kappa shape index (κ1) is 10.8. The lowest BCUT2D eigenvalue weighted by molar-refractivity contribution is 0.464. The van der Waals surface area contributed by atoms with Gasteiger partial charge in [-0.2, -0.15) is 0 Å². The van der Waals surface area contributed by atoms with E-state index in [1.807, 2.05) is 12.3 Å². The fourth-order valence-corrected chi connectivity index (χ4v) is 2.97. The van der Waals surface area contributed by atoms with Crippen LogP contribution in [-0.2, 0) is 13.1 Å². The smallest absolute Gasteiger partial charge is 0.140 e. The van der Waals surface area contributed by atoms with Crippen molar-refractivity contribution in [3.05, 3.63) is 30.1 Å². The van der Waals surface area contributed by atoms with Gasteiger partial charge in [0.2, 0.25) is 0 Å². The average molecular weight is 229 g/mol. The first-order valence-electron chi connectivity index (χ1n) is 6.51. The van der Waals surface area contributed by atoms with Crippen LogP contribution in [0.3, 0.4) is 0 Å². The predicted octanol–water partition coefficient (Wildman–Crippen LogP) is 2.69. The Hall–Kier alpha value is -1.35. The van der Waals surface area contributed by atoms with E-state index in [1.165, 1.54) is 36.6 Å². The van der Waals surface area contributed by atoms with Crippen molar-refractivity contribution in [2.45, 2.75) is 38.8 Å². The summed E-state index contributed by atoms with van der Waals surface area (Å²) in [6, 6.07) is 4.11. The third-order valence-electron chi connectivity index (χ3n) is 3.87. The fraction of sp³-hybridized carbons (Fsp3) is 0.500. The van der Waals surface area contributed by atoms with Gasteiger partial charge in [-0.15, -0.1) is 0 Å². The second-order valence-electron chi connectivity index (χ2n) is 5.04. The zero-order chi connectivity index (χ0) is 11.7. The molecule has 3 nitrogen and oxygen atoms in total. The molecule has 17 heavy (non-hydrogen) atoms. The quantitative estimate of drug-likeness (QED) is 0.879. The maximum atomic E-state index is 5.80. The highest BCUT2D eigenvalue weighted by molar-refractivity contribution is 5.80. The highest BCUT2D eigenvalue weighted by Gasteiger charge is 2.17. The number of aromatic nitrogens is 2. The van der Waals surface area contributed by atoms with Crippen LogP contribution in [0.2, 0.25) is 0 Å². The zero-order valence-electron chi connectivity index (χ0n) is 10.1. The van der Waals surface area contributed by atoms with Crippen LogP contribution < -0.4 is 5.73 Å². The van der Waals surface area contributed by atoms with Crippen LogP contribution in [0, 0.1) is 5.92 Å². The number of nitrogens with zero attached hydrogens (tertiary/aromatic N) is 2. The van der Waals surface area contributed by atoms with Crippen LogP contribution in [0.1, 0.15) is 31.2 Å². The Morgan fingerprint density at radius 2 is 2.18 bits per heavy atom. The Kier molecular flexibility index (Phi) is 2.85. The van der Waals surface area contributed by atoms with Gasteiger partial charge in [-0.1, -0.05) is 12.8 Å². The molecule has 2 N–H and O–H groups in total. The van der Waals surface area contributed by atoms with Gasteiger partial charge in [0, 0.05) is 30.9 Å². The average Bonchev–Trinajstić information content (AvgIpc) is 2.98. The molecule has 1 fully saturated rings. The lowest BCUT2D eigenvalue weighted by atomic mass is 10.1. The monoisotopic (exact) mass is 229 g/mol. The van der Waals surface area contributed by atoms with Crippen LogP contribution in [0.4, 0.5) is 0 Å². The van der Waals surface area contributed by atoms with Crippen LogP contribution in [0.25, 0.3) is 11.0 Å². The minimum absolute atomic E-state index is 0.597. The molecule has 90 valence electrons. The molecule has 0 bridgehead atoms. The summed E-state index contributed by atoms with van der Waals surface area (Å²) in [7, 11) is 0.